The SMILES string of the molecule is COc1ccc(C(C)=O)cc1CC(=O)OCC(=O)Nc1c(F)cccc1F. The van der Waals surface area contributed by atoms with Crippen molar-refractivity contribution < 1.29 is 32.6 Å². The largest absolute Gasteiger partial charge is 0.496 e. The first-order valence-electron chi connectivity index (χ1n) is 7.89. The number of halogens is 2. The molecule has 0 heterocycles. The summed E-state index contributed by atoms with van der Waals surface area (Å²) in [4.78, 5) is 35.2. The van der Waals surface area contributed by atoms with Crippen LogP contribution in [0.5, 0.6) is 5.75 Å². The van der Waals surface area contributed by atoms with E-state index in [9.17, 15) is 23.2 Å². The number of rotatable bonds is 7. The van der Waals surface area contributed by atoms with Crippen molar-refractivity contribution in [3.8, 4) is 5.75 Å². The second-order valence-corrected chi connectivity index (χ2v) is 5.57. The fourth-order valence-corrected chi connectivity index (χ4v) is 2.28. The standard InChI is InChI=1S/C19H17F2NO5/c1-11(23)12-6-7-16(26-2)13(8-12)9-18(25)27-10-17(24)22-19-14(20)4-3-5-15(19)21/h3-8H,9-10H2,1-2H3,(H,22,24). The van der Waals surface area contributed by atoms with Gasteiger partial charge in [0.15, 0.2) is 12.4 Å². The average Bonchev–Trinajstić information content (AvgIpc) is 2.63. The van der Waals surface area contributed by atoms with E-state index in [0.29, 0.717) is 16.9 Å². The molecular weight excluding hydrogens is 360 g/mol. The monoisotopic (exact) mass is 377 g/mol. The first-order chi connectivity index (χ1) is 12.8. The third-order valence-corrected chi connectivity index (χ3v) is 3.61. The van der Waals surface area contributed by atoms with Gasteiger partial charge in [-0.15, -0.1) is 0 Å². The molecule has 0 aliphatic heterocycles. The van der Waals surface area contributed by atoms with Gasteiger partial charge in [-0.25, -0.2) is 8.78 Å². The second-order valence-electron chi connectivity index (χ2n) is 5.57. The summed E-state index contributed by atoms with van der Waals surface area (Å²) in [7, 11) is 1.41. The lowest BCUT2D eigenvalue weighted by molar-refractivity contribution is -0.146. The van der Waals surface area contributed by atoms with Crippen molar-refractivity contribution in [2.75, 3.05) is 19.0 Å². The van der Waals surface area contributed by atoms with Crippen LogP contribution in [0.3, 0.4) is 0 Å². The van der Waals surface area contributed by atoms with Crippen molar-refractivity contribution in [1.29, 1.82) is 0 Å². The number of hydrogen-bond donors (Lipinski definition) is 1. The predicted molar refractivity (Wildman–Crippen MR) is 92.6 cm³/mol. The third-order valence-electron chi connectivity index (χ3n) is 3.61. The summed E-state index contributed by atoms with van der Waals surface area (Å²) in [5, 5.41) is 2.01. The number of hydrogen-bond acceptors (Lipinski definition) is 5. The molecule has 0 bridgehead atoms. The smallest absolute Gasteiger partial charge is 0.310 e. The van der Waals surface area contributed by atoms with Crippen LogP contribution in [0.25, 0.3) is 0 Å². The number of methoxy groups -OCH3 is 1. The third kappa shape index (κ3) is 5.34. The van der Waals surface area contributed by atoms with Gasteiger partial charge in [-0.1, -0.05) is 6.07 Å². The van der Waals surface area contributed by atoms with Crippen molar-refractivity contribution >= 4 is 23.3 Å². The maximum Gasteiger partial charge on any atom is 0.310 e. The van der Waals surface area contributed by atoms with Gasteiger partial charge in [-0.2, -0.15) is 0 Å². The molecule has 0 spiro atoms. The molecule has 1 amide bonds. The molecule has 142 valence electrons. The van der Waals surface area contributed by atoms with Crippen LogP contribution in [-0.2, 0) is 20.7 Å². The van der Waals surface area contributed by atoms with Gasteiger partial charge >= 0.3 is 5.97 Å². The predicted octanol–water partition coefficient (Wildman–Crippen LogP) is 2.90. The Labute approximate surface area is 154 Å². The van der Waals surface area contributed by atoms with E-state index in [2.05, 4.69) is 0 Å². The summed E-state index contributed by atoms with van der Waals surface area (Å²) in [6.07, 6.45) is -0.244. The Bertz CT molecular complexity index is 862. The molecule has 0 atom stereocenters. The summed E-state index contributed by atoms with van der Waals surface area (Å²) in [6, 6.07) is 7.73. The zero-order chi connectivity index (χ0) is 20.0. The van der Waals surface area contributed by atoms with E-state index in [0.717, 1.165) is 18.2 Å². The molecule has 0 saturated heterocycles. The highest BCUT2D eigenvalue weighted by Crippen LogP contribution is 2.21. The number of ether oxygens (including phenoxy) is 2. The van der Waals surface area contributed by atoms with Crippen molar-refractivity contribution in [2.45, 2.75) is 13.3 Å². The molecule has 0 aliphatic rings. The summed E-state index contributed by atoms with van der Waals surface area (Å²) >= 11 is 0. The van der Waals surface area contributed by atoms with Crippen molar-refractivity contribution in [3.63, 3.8) is 0 Å². The van der Waals surface area contributed by atoms with Crippen LogP contribution >= 0.6 is 0 Å². The summed E-state index contributed by atoms with van der Waals surface area (Å²) < 4.78 is 36.9. The van der Waals surface area contributed by atoms with Gasteiger partial charge in [0.25, 0.3) is 5.91 Å². The highest BCUT2D eigenvalue weighted by Gasteiger charge is 2.16. The van der Waals surface area contributed by atoms with E-state index in [1.54, 1.807) is 12.1 Å². The van der Waals surface area contributed by atoms with Gasteiger partial charge in [0.2, 0.25) is 0 Å². The number of carbonyl (C=O) groups is 3. The molecule has 0 radical (unpaired) electrons. The fourth-order valence-electron chi connectivity index (χ4n) is 2.28. The van der Waals surface area contributed by atoms with E-state index in [1.807, 2.05) is 5.32 Å². The Kier molecular flexibility index (Phi) is 6.59. The van der Waals surface area contributed by atoms with Crippen LogP contribution in [-0.4, -0.2) is 31.4 Å². The number of benzene rings is 2. The Morgan fingerprint density at radius 1 is 1.07 bits per heavy atom. The Morgan fingerprint density at radius 2 is 1.74 bits per heavy atom. The number of amides is 1. The molecule has 2 aromatic carbocycles. The minimum atomic E-state index is -0.944. The van der Waals surface area contributed by atoms with Crippen LogP contribution in [0.4, 0.5) is 14.5 Å². The van der Waals surface area contributed by atoms with E-state index >= 15 is 0 Å². The molecule has 8 heteroatoms. The fraction of sp³-hybridized carbons (Fsp3) is 0.211. The molecule has 0 saturated carbocycles. The van der Waals surface area contributed by atoms with Gasteiger partial charge in [-0.05, 0) is 37.3 Å². The maximum absolute atomic E-state index is 13.5. The highest BCUT2D eigenvalue weighted by molar-refractivity contribution is 5.95. The minimum Gasteiger partial charge on any atom is -0.496 e. The summed E-state index contributed by atoms with van der Waals surface area (Å²) in [5.74, 6) is -3.34. The van der Waals surface area contributed by atoms with Gasteiger partial charge in [0.05, 0.1) is 13.5 Å². The Morgan fingerprint density at radius 3 is 2.33 bits per heavy atom. The van der Waals surface area contributed by atoms with Gasteiger partial charge in [-0.3, -0.25) is 14.4 Å². The molecule has 0 unspecified atom stereocenters. The van der Waals surface area contributed by atoms with Crippen LogP contribution in [0.1, 0.15) is 22.8 Å². The number of nitrogens with one attached hydrogen (secondary N) is 1. The second kappa shape index (κ2) is 8.88. The Hall–Kier alpha value is -3.29. The number of carbonyl (C=O) groups excluding carboxylic acids is 3. The average molecular weight is 377 g/mol. The van der Waals surface area contributed by atoms with Crippen LogP contribution in [0.2, 0.25) is 0 Å². The number of Topliss-reactive ketones (excluding diaryl/α,β-unsaturated/α-hetero) is 1. The first kappa shape index (κ1) is 20.0. The number of para-hydroxylation sites is 1. The van der Waals surface area contributed by atoms with Gasteiger partial charge < -0.3 is 14.8 Å². The van der Waals surface area contributed by atoms with Crippen LogP contribution in [0.15, 0.2) is 36.4 Å². The van der Waals surface area contributed by atoms with E-state index < -0.39 is 35.8 Å². The normalized spacial score (nSPS) is 10.2. The molecule has 1 N–H and O–H groups in total. The molecule has 0 aromatic heterocycles. The molecular formula is C19H17F2NO5. The quantitative estimate of drug-likeness (QED) is 0.593. The van der Waals surface area contributed by atoms with Crippen molar-refractivity contribution in [2.24, 2.45) is 0 Å². The lowest BCUT2D eigenvalue weighted by Gasteiger charge is -2.11. The minimum absolute atomic E-state index is 0.182. The lowest BCUT2D eigenvalue weighted by Crippen LogP contribution is -2.22. The summed E-state index contributed by atoms with van der Waals surface area (Å²) in [6.45, 7) is 0.664. The zero-order valence-electron chi connectivity index (χ0n) is 14.7. The number of esters is 1. The van der Waals surface area contributed by atoms with E-state index in [-0.39, 0.29) is 12.2 Å². The summed E-state index contributed by atoms with van der Waals surface area (Å²) in [5.41, 5.74) is 0.191. The highest BCUT2D eigenvalue weighted by atomic mass is 19.1. The topological polar surface area (TPSA) is 81.7 Å². The van der Waals surface area contributed by atoms with Crippen LogP contribution in [0, 0.1) is 11.6 Å². The molecule has 0 aliphatic carbocycles. The zero-order valence-corrected chi connectivity index (χ0v) is 14.7. The van der Waals surface area contributed by atoms with Crippen LogP contribution < -0.4 is 10.1 Å². The molecule has 27 heavy (non-hydrogen) atoms. The molecule has 6 nitrogen and oxygen atoms in total. The molecule has 0 fully saturated rings. The van der Waals surface area contributed by atoms with E-state index in [1.165, 1.54) is 20.1 Å². The van der Waals surface area contributed by atoms with E-state index in [4.69, 9.17) is 9.47 Å². The number of ketones is 1. The van der Waals surface area contributed by atoms with Crippen molar-refractivity contribution in [3.05, 3.63) is 59.2 Å². The lowest BCUT2D eigenvalue weighted by atomic mass is 10.0. The Balaban J connectivity index is 1.97. The van der Waals surface area contributed by atoms with Crippen molar-refractivity contribution in [1.82, 2.24) is 0 Å². The van der Waals surface area contributed by atoms with Gasteiger partial charge in [0, 0.05) is 11.1 Å². The molecule has 2 rings (SSSR count). The first-order valence-corrected chi connectivity index (χ1v) is 7.89. The molecule has 2 aromatic rings. The maximum atomic E-state index is 13.5. The number of anilines is 1. The van der Waals surface area contributed by atoms with Gasteiger partial charge in [0.1, 0.15) is 23.1 Å².